The zero-order valence-corrected chi connectivity index (χ0v) is 17.0. The normalized spacial score (nSPS) is 21.4. The second kappa shape index (κ2) is 9.35. The molecule has 4 rings (SSSR count). The third-order valence-corrected chi connectivity index (χ3v) is 6.05. The molecule has 5 nitrogen and oxygen atoms in total. The van der Waals surface area contributed by atoms with Crippen LogP contribution in [0.5, 0.6) is 0 Å². The average Bonchev–Trinajstić information content (AvgIpc) is 3.11. The van der Waals surface area contributed by atoms with Crippen LogP contribution in [0.3, 0.4) is 0 Å². The lowest BCUT2D eigenvalue weighted by molar-refractivity contribution is 0.122. The Bertz CT molecular complexity index is 708. The van der Waals surface area contributed by atoms with Crippen molar-refractivity contribution >= 4 is 40.5 Å². The lowest BCUT2D eigenvalue weighted by atomic mass is 10.0. The zero-order valence-electron chi connectivity index (χ0n) is 14.6. The van der Waals surface area contributed by atoms with E-state index in [-0.39, 0.29) is 12.4 Å². The van der Waals surface area contributed by atoms with Crippen LogP contribution in [-0.2, 0) is 11.3 Å². The Labute approximate surface area is 169 Å². The maximum atomic E-state index is 6.20. The molecule has 0 amide bonds. The van der Waals surface area contributed by atoms with Crippen LogP contribution in [0.2, 0.25) is 5.02 Å². The fourth-order valence-electron chi connectivity index (χ4n) is 3.45. The Morgan fingerprint density at radius 3 is 2.92 bits per heavy atom. The van der Waals surface area contributed by atoms with Gasteiger partial charge in [0.1, 0.15) is 0 Å². The van der Waals surface area contributed by atoms with Gasteiger partial charge in [0.25, 0.3) is 0 Å². The first-order chi connectivity index (χ1) is 12.3. The van der Waals surface area contributed by atoms with Crippen LogP contribution in [-0.4, -0.2) is 55.8 Å². The van der Waals surface area contributed by atoms with Crippen molar-refractivity contribution in [2.45, 2.75) is 12.6 Å². The van der Waals surface area contributed by atoms with Gasteiger partial charge >= 0.3 is 0 Å². The maximum absolute atomic E-state index is 6.20. The molecule has 0 spiro atoms. The summed E-state index contributed by atoms with van der Waals surface area (Å²) in [4.78, 5) is 10.8. The number of rotatable bonds is 4. The van der Waals surface area contributed by atoms with Crippen LogP contribution >= 0.6 is 35.3 Å². The molecule has 0 aliphatic carbocycles. The monoisotopic (exact) mass is 414 g/mol. The zero-order chi connectivity index (χ0) is 17.1. The third-order valence-electron chi connectivity index (χ3n) is 4.77. The number of piperazine rings is 1. The first kappa shape index (κ1) is 19.9. The van der Waals surface area contributed by atoms with Crippen molar-refractivity contribution in [3.8, 4) is 0 Å². The summed E-state index contributed by atoms with van der Waals surface area (Å²) in [6, 6.07) is 8.57. The van der Waals surface area contributed by atoms with Gasteiger partial charge in [0.2, 0.25) is 0 Å². The van der Waals surface area contributed by atoms with Gasteiger partial charge in [-0.05, 0) is 17.7 Å². The van der Waals surface area contributed by atoms with E-state index in [1.807, 2.05) is 18.3 Å². The molecule has 0 bridgehead atoms. The highest BCUT2D eigenvalue weighted by molar-refractivity contribution is 7.15. The molecular formula is C18H24Cl2N4OS. The minimum atomic E-state index is 0. The van der Waals surface area contributed by atoms with Crippen molar-refractivity contribution in [1.82, 2.24) is 15.2 Å². The number of ether oxygens (including phenoxy) is 1. The van der Waals surface area contributed by atoms with Gasteiger partial charge in [0, 0.05) is 61.4 Å². The van der Waals surface area contributed by atoms with E-state index in [0.29, 0.717) is 6.04 Å². The number of thiazole rings is 1. The van der Waals surface area contributed by atoms with Gasteiger partial charge in [-0.25, -0.2) is 4.98 Å². The van der Waals surface area contributed by atoms with Gasteiger partial charge in [0.15, 0.2) is 5.13 Å². The highest BCUT2D eigenvalue weighted by atomic mass is 35.5. The van der Waals surface area contributed by atoms with E-state index in [2.05, 4.69) is 32.2 Å². The number of aromatic nitrogens is 1. The van der Waals surface area contributed by atoms with Crippen LogP contribution < -0.4 is 10.2 Å². The van der Waals surface area contributed by atoms with Gasteiger partial charge in [-0.15, -0.1) is 23.7 Å². The quantitative estimate of drug-likeness (QED) is 0.831. The van der Waals surface area contributed by atoms with E-state index >= 15 is 0 Å². The summed E-state index contributed by atoms with van der Waals surface area (Å²) in [6.07, 6.45) is 2.03. The second-order valence-corrected chi connectivity index (χ2v) is 7.98. The maximum Gasteiger partial charge on any atom is 0.185 e. The van der Waals surface area contributed by atoms with Crippen molar-refractivity contribution in [1.29, 1.82) is 0 Å². The van der Waals surface area contributed by atoms with Crippen LogP contribution in [0.25, 0.3) is 0 Å². The third kappa shape index (κ3) is 4.68. The van der Waals surface area contributed by atoms with Crippen LogP contribution in [0.4, 0.5) is 5.13 Å². The molecule has 1 N–H and O–H groups in total. The van der Waals surface area contributed by atoms with E-state index in [9.17, 15) is 0 Å². The molecule has 26 heavy (non-hydrogen) atoms. The molecular weight excluding hydrogens is 391 g/mol. The molecule has 8 heteroatoms. The first-order valence-corrected chi connectivity index (χ1v) is 9.97. The van der Waals surface area contributed by atoms with Gasteiger partial charge in [-0.2, -0.15) is 0 Å². The van der Waals surface area contributed by atoms with Crippen LogP contribution in [0, 0.1) is 0 Å². The first-order valence-electron chi connectivity index (χ1n) is 8.77. The molecule has 2 aromatic rings. The van der Waals surface area contributed by atoms with Crippen LogP contribution in [0.15, 0.2) is 30.5 Å². The summed E-state index contributed by atoms with van der Waals surface area (Å²) >= 11 is 8.00. The van der Waals surface area contributed by atoms with Crippen LogP contribution in [0.1, 0.15) is 16.5 Å². The SMILES string of the molecule is Cl.Clc1cccc(C2CNCCN2Cc2cnc(N3CCOCC3)s2)c1. The van der Waals surface area contributed by atoms with E-state index < -0.39 is 0 Å². The van der Waals surface area contributed by atoms with Crippen molar-refractivity contribution in [3.63, 3.8) is 0 Å². The van der Waals surface area contributed by atoms with E-state index in [0.717, 1.165) is 62.6 Å². The summed E-state index contributed by atoms with van der Waals surface area (Å²) in [5, 5.41) is 5.43. The number of hydrogen-bond donors (Lipinski definition) is 1. The number of morpholine rings is 1. The molecule has 2 fully saturated rings. The molecule has 1 atom stereocenters. The molecule has 2 aliphatic rings. The molecule has 142 valence electrons. The Hall–Kier alpha value is -0.890. The number of nitrogens with zero attached hydrogens (tertiary/aromatic N) is 3. The molecule has 1 unspecified atom stereocenters. The standard InChI is InChI=1S/C18H23ClN4OS.ClH/c19-15-3-1-2-14(10-15)17-12-20-4-5-23(17)13-16-11-21-18(25-16)22-6-8-24-9-7-22;/h1-3,10-11,17,20H,4-9,12-13H2;1H. The highest BCUT2D eigenvalue weighted by Crippen LogP contribution is 2.29. The van der Waals surface area contributed by atoms with Gasteiger partial charge < -0.3 is 15.0 Å². The second-order valence-electron chi connectivity index (χ2n) is 6.45. The highest BCUT2D eigenvalue weighted by Gasteiger charge is 2.25. The largest absolute Gasteiger partial charge is 0.378 e. The molecule has 1 aromatic heterocycles. The number of anilines is 1. The van der Waals surface area contributed by atoms with E-state index in [1.54, 1.807) is 11.3 Å². The molecule has 2 saturated heterocycles. The minimum absolute atomic E-state index is 0. The summed E-state index contributed by atoms with van der Waals surface area (Å²) < 4.78 is 5.43. The molecule has 0 radical (unpaired) electrons. The van der Waals surface area contributed by atoms with Crippen molar-refractivity contribution in [2.24, 2.45) is 0 Å². The molecule has 0 saturated carbocycles. The lowest BCUT2D eigenvalue weighted by Crippen LogP contribution is -2.45. The van der Waals surface area contributed by atoms with Crippen molar-refractivity contribution in [3.05, 3.63) is 45.9 Å². The Morgan fingerprint density at radius 2 is 2.12 bits per heavy atom. The topological polar surface area (TPSA) is 40.6 Å². The lowest BCUT2D eigenvalue weighted by Gasteiger charge is -2.36. The fourth-order valence-corrected chi connectivity index (χ4v) is 4.64. The summed E-state index contributed by atoms with van der Waals surface area (Å²) in [6.45, 7) is 7.40. The smallest absolute Gasteiger partial charge is 0.185 e. The van der Waals surface area contributed by atoms with Crippen molar-refractivity contribution < 1.29 is 4.74 Å². The Morgan fingerprint density at radius 1 is 1.27 bits per heavy atom. The number of halogens is 2. The Balaban J connectivity index is 0.00000196. The summed E-state index contributed by atoms with van der Waals surface area (Å²) in [5.74, 6) is 0. The van der Waals surface area contributed by atoms with E-state index in [4.69, 9.17) is 16.3 Å². The molecule has 3 heterocycles. The van der Waals surface area contributed by atoms with Gasteiger partial charge in [-0.1, -0.05) is 23.7 Å². The summed E-state index contributed by atoms with van der Waals surface area (Å²) in [5.41, 5.74) is 1.28. The molecule has 2 aliphatic heterocycles. The number of benzene rings is 1. The average molecular weight is 415 g/mol. The van der Waals surface area contributed by atoms with Gasteiger partial charge in [-0.3, -0.25) is 4.90 Å². The predicted molar refractivity (Wildman–Crippen MR) is 110 cm³/mol. The summed E-state index contributed by atoms with van der Waals surface area (Å²) in [7, 11) is 0. The van der Waals surface area contributed by atoms with Gasteiger partial charge in [0.05, 0.1) is 13.2 Å². The van der Waals surface area contributed by atoms with E-state index in [1.165, 1.54) is 10.4 Å². The number of hydrogen-bond acceptors (Lipinski definition) is 6. The Kier molecular flexibility index (Phi) is 7.14. The predicted octanol–water partition coefficient (Wildman–Crippen LogP) is 3.20. The number of nitrogens with one attached hydrogen (secondary N) is 1. The molecule has 1 aromatic carbocycles. The fraction of sp³-hybridized carbons (Fsp3) is 0.500. The van der Waals surface area contributed by atoms with Crippen molar-refractivity contribution in [2.75, 3.05) is 50.8 Å². The minimum Gasteiger partial charge on any atom is -0.378 e.